The van der Waals surface area contributed by atoms with Crippen molar-refractivity contribution in [3.63, 3.8) is 0 Å². The largest absolute Gasteiger partial charge is 0.497 e. The number of methoxy groups -OCH3 is 1. The van der Waals surface area contributed by atoms with Gasteiger partial charge in [-0.1, -0.05) is 32.9 Å². The number of thiophene rings is 1. The number of hydrogen-bond acceptors (Lipinski definition) is 6. The number of ether oxygens (including phenoxy) is 2. The molecule has 1 aromatic carbocycles. The van der Waals surface area contributed by atoms with Crippen molar-refractivity contribution >= 4 is 27.5 Å². The zero-order chi connectivity index (χ0) is 20.3. The van der Waals surface area contributed by atoms with Gasteiger partial charge in [0, 0.05) is 10.9 Å². The summed E-state index contributed by atoms with van der Waals surface area (Å²) in [5, 5.41) is 2.44. The van der Waals surface area contributed by atoms with Gasteiger partial charge in [0.05, 0.1) is 25.4 Å². The van der Waals surface area contributed by atoms with E-state index in [1.54, 1.807) is 7.11 Å². The highest BCUT2D eigenvalue weighted by molar-refractivity contribution is 7.17. The standard InChI is InChI=1S/C21H24N2O4S/c1-5-17(21(25)27-10-13(2)3)23-12-22-19-18(20(23)24)16(11-28-19)14-6-8-15(26-4)9-7-14/h6-9,11-13,17H,5,10H2,1-4H3/t17-/m1/s1. The lowest BCUT2D eigenvalue weighted by Crippen LogP contribution is -2.31. The summed E-state index contributed by atoms with van der Waals surface area (Å²) in [6, 6.07) is 6.83. The first-order valence-corrected chi connectivity index (χ1v) is 10.1. The normalized spacial score (nSPS) is 12.3. The lowest BCUT2D eigenvalue weighted by atomic mass is 10.1. The predicted octanol–water partition coefficient (Wildman–Crippen LogP) is 4.28. The highest BCUT2D eigenvalue weighted by Crippen LogP contribution is 2.32. The van der Waals surface area contributed by atoms with E-state index in [-0.39, 0.29) is 11.5 Å². The summed E-state index contributed by atoms with van der Waals surface area (Å²) < 4.78 is 12.0. The number of nitrogens with zero attached hydrogens (tertiary/aromatic N) is 2. The highest BCUT2D eigenvalue weighted by atomic mass is 32.1. The molecule has 3 aromatic rings. The second-order valence-electron chi connectivity index (χ2n) is 6.96. The monoisotopic (exact) mass is 400 g/mol. The molecule has 0 unspecified atom stereocenters. The van der Waals surface area contributed by atoms with Crippen molar-refractivity contribution in [2.45, 2.75) is 33.2 Å². The first-order chi connectivity index (χ1) is 13.5. The van der Waals surface area contributed by atoms with Gasteiger partial charge < -0.3 is 9.47 Å². The number of carbonyl (C=O) groups excluding carboxylic acids is 1. The summed E-state index contributed by atoms with van der Waals surface area (Å²) in [6.45, 7) is 6.13. The molecule has 148 valence electrons. The molecule has 2 heterocycles. The number of esters is 1. The molecule has 0 saturated heterocycles. The minimum atomic E-state index is -0.688. The third kappa shape index (κ3) is 3.94. The quantitative estimate of drug-likeness (QED) is 0.554. The van der Waals surface area contributed by atoms with Crippen molar-refractivity contribution < 1.29 is 14.3 Å². The van der Waals surface area contributed by atoms with E-state index < -0.39 is 12.0 Å². The molecule has 0 fully saturated rings. The number of rotatable bonds is 7. The van der Waals surface area contributed by atoms with Gasteiger partial charge in [0.15, 0.2) is 0 Å². The lowest BCUT2D eigenvalue weighted by molar-refractivity contribution is -0.149. The summed E-state index contributed by atoms with van der Waals surface area (Å²) in [5.41, 5.74) is 1.48. The van der Waals surface area contributed by atoms with Crippen molar-refractivity contribution in [3.8, 4) is 16.9 Å². The Morgan fingerprint density at radius 1 is 1.25 bits per heavy atom. The minimum Gasteiger partial charge on any atom is -0.497 e. The molecule has 6 nitrogen and oxygen atoms in total. The van der Waals surface area contributed by atoms with Crippen molar-refractivity contribution in [1.82, 2.24) is 9.55 Å². The number of carbonyl (C=O) groups is 1. The molecule has 0 bridgehead atoms. The first-order valence-electron chi connectivity index (χ1n) is 9.25. The van der Waals surface area contributed by atoms with Crippen LogP contribution in [0.2, 0.25) is 0 Å². The molecule has 7 heteroatoms. The molecule has 0 amide bonds. The van der Waals surface area contributed by atoms with Crippen LogP contribution < -0.4 is 10.3 Å². The van der Waals surface area contributed by atoms with Crippen LogP contribution >= 0.6 is 11.3 Å². The number of benzene rings is 1. The third-order valence-electron chi connectivity index (χ3n) is 4.47. The maximum Gasteiger partial charge on any atom is 0.329 e. The lowest BCUT2D eigenvalue weighted by Gasteiger charge is -2.17. The molecule has 0 aliphatic rings. The van der Waals surface area contributed by atoms with Gasteiger partial charge >= 0.3 is 5.97 Å². The van der Waals surface area contributed by atoms with Crippen molar-refractivity contribution in [2.75, 3.05) is 13.7 Å². The average molecular weight is 401 g/mol. The zero-order valence-corrected chi connectivity index (χ0v) is 17.3. The smallest absolute Gasteiger partial charge is 0.329 e. The predicted molar refractivity (Wildman–Crippen MR) is 111 cm³/mol. The number of fused-ring (bicyclic) bond motifs is 1. The van der Waals surface area contributed by atoms with E-state index in [1.807, 2.05) is 50.4 Å². The Kier molecular flexibility index (Phi) is 6.14. The van der Waals surface area contributed by atoms with Gasteiger partial charge in [-0.25, -0.2) is 9.78 Å². The van der Waals surface area contributed by atoms with Crippen LogP contribution in [0.4, 0.5) is 0 Å². The van der Waals surface area contributed by atoms with E-state index in [0.717, 1.165) is 16.9 Å². The molecule has 0 radical (unpaired) electrons. The Morgan fingerprint density at radius 3 is 2.57 bits per heavy atom. The maximum absolute atomic E-state index is 13.2. The molecule has 2 aromatic heterocycles. The van der Waals surface area contributed by atoms with Crippen molar-refractivity contribution in [2.24, 2.45) is 5.92 Å². The Bertz CT molecular complexity index is 1020. The van der Waals surface area contributed by atoms with E-state index in [0.29, 0.717) is 23.2 Å². The fourth-order valence-corrected chi connectivity index (χ4v) is 3.88. The fraction of sp³-hybridized carbons (Fsp3) is 0.381. The third-order valence-corrected chi connectivity index (χ3v) is 5.36. The van der Waals surface area contributed by atoms with E-state index in [2.05, 4.69) is 4.98 Å². The van der Waals surface area contributed by atoms with Crippen LogP contribution in [0.25, 0.3) is 21.3 Å². The zero-order valence-electron chi connectivity index (χ0n) is 16.5. The van der Waals surface area contributed by atoms with Crippen LogP contribution in [-0.2, 0) is 9.53 Å². The highest BCUT2D eigenvalue weighted by Gasteiger charge is 2.24. The van der Waals surface area contributed by atoms with Gasteiger partial charge in [0.25, 0.3) is 5.56 Å². The molecule has 3 rings (SSSR count). The summed E-state index contributed by atoms with van der Waals surface area (Å²) >= 11 is 1.41. The maximum atomic E-state index is 13.2. The van der Waals surface area contributed by atoms with Crippen LogP contribution in [0.3, 0.4) is 0 Å². The molecule has 0 saturated carbocycles. The molecular weight excluding hydrogens is 376 g/mol. The Morgan fingerprint density at radius 2 is 1.96 bits per heavy atom. The average Bonchev–Trinajstić information content (AvgIpc) is 3.13. The van der Waals surface area contributed by atoms with E-state index in [4.69, 9.17) is 9.47 Å². The van der Waals surface area contributed by atoms with Crippen molar-refractivity contribution in [1.29, 1.82) is 0 Å². The van der Waals surface area contributed by atoms with Gasteiger partial charge in [0.1, 0.15) is 16.6 Å². The van der Waals surface area contributed by atoms with E-state index >= 15 is 0 Å². The van der Waals surface area contributed by atoms with Crippen LogP contribution in [0.5, 0.6) is 5.75 Å². The number of aromatic nitrogens is 2. The Labute approximate surface area is 167 Å². The van der Waals surface area contributed by atoms with Gasteiger partial charge in [-0.2, -0.15) is 0 Å². The van der Waals surface area contributed by atoms with Crippen molar-refractivity contribution in [3.05, 3.63) is 46.3 Å². The van der Waals surface area contributed by atoms with E-state index in [1.165, 1.54) is 22.2 Å². The van der Waals surface area contributed by atoms with Gasteiger partial charge in [0.2, 0.25) is 0 Å². The molecule has 0 N–H and O–H groups in total. The van der Waals surface area contributed by atoms with Crippen LogP contribution in [0.1, 0.15) is 33.2 Å². The van der Waals surface area contributed by atoms with E-state index in [9.17, 15) is 9.59 Å². The molecular formula is C21H24N2O4S. The van der Waals surface area contributed by atoms with Crippen LogP contribution in [0, 0.1) is 5.92 Å². The Balaban J connectivity index is 2.04. The molecule has 0 aliphatic heterocycles. The van der Waals surface area contributed by atoms with Gasteiger partial charge in [-0.15, -0.1) is 11.3 Å². The second-order valence-corrected chi connectivity index (χ2v) is 7.82. The van der Waals surface area contributed by atoms with Gasteiger partial charge in [-0.3, -0.25) is 9.36 Å². The summed E-state index contributed by atoms with van der Waals surface area (Å²) in [5.74, 6) is 0.579. The molecule has 28 heavy (non-hydrogen) atoms. The summed E-state index contributed by atoms with van der Waals surface area (Å²) in [6.07, 6.45) is 1.90. The molecule has 0 aliphatic carbocycles. The van der Waals surface area contributed by atoms with Gasteiger partial charge in [-0.05, 0) is 30.0 Å². The first kappa shape index (κ1) is 20.1. The SMILES string of the molecule is CC[C@H](C(=O)OCC(C)C)n1cnc2scc(-c3ccc(OC)cc3)c2c1=O. The van der Waals surface area contributed by atoms with Crippen LogP contribution in [-0.4, -0.2) is 29.2 Å². The Hall–Kier alpha value is -2.67. The summed E-state index contributed by atoms with van der Waals surface area (Å²) in [4.78, 5) is 30.8. The topological polar surface area (TPSA) is 70.4 Å². The molecule has 1 atom stereocenters. The van der Waals surface area contributed by atoms with Crippen LogP contribution in [0.15, 0.2) is 40.8 Å². The second kappa shape index (κ2) is 8.56. The minimum absolute atomic E-state index is 0.231. The summed E-state index contributed by atoms with van der Waals surface area (Å²) in [7, 11) is 1.61. The molecule has 0 spiro atoms. The number of hydrogen-bond donors (Lipinski definition) is 0. The fourth-order valence-electron chi connectivity index (χ4n) is 2.97.